The summed E-state index contributed by atoms with van der Waals surface area (Å²) in [5.74, 6) is -0.826. The van der Waals surface area contributed by atoms with Gasteiger partial charge in [-0.05, 0) is 19.8 Å². The molecule has 0 aromatic rings. The number of aliphatic hydroxyl groups excluding tert-OH is 3. The molecule has 0 aliphatic carbocycles. The van der Waals surface area contributed by atoms with E-state index in [1.165, 1.54) is 0 Å². The second-order valence-corrected chi connectivity index (χ2v) is 2.63. The molecule has 0 fully saturated rings. The zero-order valence-corrected chi connectivity index (χ0v) is 7.64. The predicted octanol–water partition coefficient (Wildman–Crippen LogP) is -0.956. The number of carbonyl (C=O) groups excluding carboxylic acids is 1. The lowest BCUT2D eigenvalue weighted by Gasteiger charge is -2.15. The highest BCUT2D eigenvalue weighted by Gasteiger charge is 2.24. The van der Waals surface area contributed by atoms with Crippen molar-refractivity contribution in [2.24, 2.45) is 0 Å². The monoisotopic (exact) mass is 192 g/mol. The lowest BCUT2D eigenvalue weighted by atomic mass is 10.1. The van der Waals surface area contributed by atoms with Gasteiger partial charge in [-0.2, -0.15) is 0 Å². The maximum absolute atomic E-state index is 10.9. The van der Waals surface area contributed by atoms with Gasteiger partial charge >= 0.3 is 5.97 Å². The molecule has 78 valence electrons. The van der Waals surface area contributed by atoms with Crippen molar-refractivity contribution < 1.29 is 24.9 Å². The van der Waals surface area contributed by atoms with Crippen LogP contribution in [0.25, 0.3) is 0 Å². The molecule has 0 bridgehead atoms. The van der Waals surface area contributed by atoms with Gasteiger partial charge in [0.15, 0.2) is 6.10 Å². The highest BCUT2D eigenvalue weighted by molar-refractivity contribution is 5.75. The smallest absolute Gasteiger partial charge is 0.337 e. The molecule has 0 amide bonds. The molecule has 0 rings (SSSR count). The van der Waals surface area contributed by atoms with Crippen LogP contribution in [0.5, 0.6) is 0 Å². The molecule has 0 heterocycles. The third-order valence-electron chi connectivity index (χ3n) is 1.55. The summed E-state index contributed by atoms with van der Waals surface area (Å²) in [6.07, 6.45) is -2.15. The Balaban J connectivity index is 3.79. The molecule has 3 N–H and O–H groups in total. The number of aliphatic hydroxyl groups is 3. The van der Waals surface area contributed by atoms with Crippen LogP contribution in [0.4, 0.5) is 0 Å². The summed E-state index contributed by atoms with van der Waals surface area (Å²) in [6, 6.07) is 0. The van der Waals surface area contributed by atoms with Crippen LogP contribution in [-0.2, 0) is 9.53 Å². The van der Waals surface area contributed by atoms with Gasteiger partial charge in [-0.3, -0.25) is 0 Å². The SMILES string of the molecule is CCOC(=O)C(O)C(O)CCCO. The number of esters is 1. The topological polar surface area (TPSA) is 87.0 Å². The van der Waals surface area contributed by atoms with Crippen LogP contribution in [0.15, 0.2) is 0 Å². The molecule has 0 aromatic heterocycles. The van der Waals surface area contributed by atoms with Crippen LogP contribution in [0.1, 0.15) is 19.8 Å². The Bertz CT molecular complexity index is 147. The molecule has 0 aromatic carbocycles. The summed E-state index contributed by atoms with van der Waals surface area (Å²) in [7, 11) is 0. The maximum atomic E-state index is 10.9. The average Bonchev–Trinajstić information content (AvgIpc) is 2.13. The number of hydrogen-bond donors (Lipinski definition) is 3. The zero-order valence-electron chi connectivity index (χ0n) is 7.64. The molecular weight excluding hydrogens is 176 g/mol. The fourth-order valence-electron chi connectivity index (χ4n) is 0.843. The molecule has 5 heteroatoms. The molecule has 0 aliphatic heterocycles. The van der Waals surface area contributed by atoms with Crippen LogP contribution in [0, 0.1) is 0 Å². The molecular formula is C8H16O5. The van der Waals surface area contributed by atoms with E-state index in [4.69, 9.17) is 10.2 Å². The van der Waals surface area contributed by atoms with E-state index in [1.54, 1.807) is 6.92 Å². The van der Waals surface area contributed by atoms with Gasteiger partial charge in [0.2, 0.25) is 0 Å². The van der Waals surface area contributed by atoms with Crippen molar-refractivity contribution in [2.75, 3.05) is 13.2 Å². The van der Waals surface area contributed by atoms with Crippen LogP contribution in [-0.4, -0.2) is 46.7 Å². The van der Waals surface area contributed by atoms with Crippen molar-refractivity contribution in [2.45, 2.75) is 32.0 Å². The third kappa shape index (κ3) is 4.82. The van der Waals surface area contributed by atoms with Gasteiger partial charge < -0.3 is 20.1 Å². The Morgan fingerprint density at radius 1 is 1.46 bits per heavy atom. The normalized spacial score (nSPS) is 15.1. The molecule has 0 spiro atoms. The minimum atomic E-state index is -1.51. The number of rotatable bonds is 6. The minimum absolute atomic E-state index is 0.0768. The quantitative estimate of drug-likeness (QED) is 0.472. The van der Waals surface area contributed by atoms with Crippen molar-refractivity contribution in [3.8, 4) is 0 Å². The van der Waals surface area contributed by atoms with Gasteiger partial charge in [-0.25, -0.2) is 4.79 Å². The summed E-state index contributed by atoms with van der Waals surface area (Å²) in [5, 5.41) is 26.8. The van der Waals surface area contributed by atoms with Crippen molar-refractivity contribution in [1.82, 2.24) is 0 Å². The van der Waals surface area contributed by atoms with Crippen LogP contribution < -0.4 is 0 Å². The van der Waals surface area contributed by atoms with Crippen LogP contribution in [0.3, 0.4) is 0 Å². The van der Waals surface area contributed by atoms with E-state index in [9.17, 15) is 9.90 Å². The summed E-state index contributed by atoms with van der Waals surface area (Å²) >= 11 is 0. The number of carbonyl (C=O) groups is 1. The molecule has 13 heavy (non-hydrogen) atoms. The van der Waals surface area contributed by atoms with E-state index in [1.807, 2.05) is 0 Å². The van der Waals surface area contributed by atoms with E-state index in [2.05, 4.69) is 4.74 Å². The highest BCUT2D eigenvalue weighted by atomic mass is 16.5. The fraction of sp³-hybridized carbons (Fsp3) is 0.875. The van der Waals surface area contributed by atoms with Crippen molar-refractivity contribution in [1.29, 1.82) is 0 Å². The lowest BCUT2D eigenvalue weighted by molar-refractivity contribution is -0.159. The van der Waals surface area contributed by atoms with Gasteiger partial charge in [0, 0.05) is 6.61 Å². The highest BCUT2D eigenvalue weighted by Crippen LogP contribution is 2.03. The standard InChI is InChI=1S/C8H16O5/c1-2-13-8(12)7(11)6(10)4-3-5-9/h6-7,9-11H,2-5H2,1H3. The largest absolute Gasteiger partial charge is 0.464 e. The first-order valence-electron chi connectivity index (χ1n) is 4.27. The summed E-state index contributed by atoms with van der Waals surface area (Å²) in [4.78, 5) is 10.9. The predicted molar refractivity (Wildman–Crippen MR) is 45.0 cm³/mol. The first-order chi connectivity index (χ1) is 6.13. The second-order valence-electron chi connectivity index (χ2n) is 2.63. The molecule has 2 unspecified atom stereocenters. The van der Waals surface area contributed by atoms with Crippen LogP contribution >= 0.6 is 0 Å². The van der Waals surface area contributed by atoms with Gasteiger partial charge in [-0.15, -0.1) is 0 Å². The number of ether oxygens (including phenoxy) is 1. The Morgan fingerprint density at radius 2 is 2.08 bits per heavy atom. The van der Waals surface area contributed by atoms with Crippen molar-refractivity contribution in [3.05, 3.63) is 0 Å². The third-order valence-corrected chi connectivity index (χ3v) is 1.55. The van der Waals surface area contributed by atoms with Crippen molar-refractivity contribution >= 4 is 5.97 Å². The Kier molecular flexibility index (Phi) is 6.48. The van der Waals surface area contributed by atoms with Gasteiger partial charge in [0.1, 0.15) is 0 Å². The number of hydrogen-bond acceptors (Lipinski definition) is 5. The summed E-state index contributed by atoms with van der Waals surface area (Å²) in [5.41, 5.74) is 0. The van der Waals surface area contributed by atoms with Crippen molar-refractivity contribution in [3.63, 3.8) is 0 Å². The molecule has 0 radical (unpaired) electrons. The van der Waals surface area contributed by atoms with Gasteiger partial charge in [-0.1, -0.05) is 0 Å². The van der Waals surface area contributed by atoms with E-state index < -0.39 is 18.2 Å². The molecule has 2 atom stereocenters. The lowest BCUT2D eigenvalue weighted by Crippen LogP contribution is -2.35. The van der Waals surface area contributed by atoms with Gasteiger partial charge in [0.05, 0.1) is 12.7 Å². The average molecular weight is 192 g/mol. The summed E-state index contributed by atoms with van der Waals surface area (Å²) in [6.45, 7) is 1.71. The van der Waals surface area contributed by atoms with E-state index in [0.717, 1.165) is 0 Å². The molecule has 5 nitrogen and oxygen atoms in total. The Morgan fingerprint density at radius 3 is 2.54 bits per heavy atom. The Labute approximate surface area is 77.0 Å². The van der Waals surface area contributed by atoms with E-state index in [-0.39, 0.29) is 19.6 Å². The maximum Gasteiger partial charge on any atom is 0.337 e. The first-order valence-corrected chi connectivity index (χ1v) is 4.27. The van der Waals surface area contributed by atoms with E-state index >= 15 is 0 Å². The second kappa shape index (κ2) is 6.82. The van der Waals surface area contributed by atoms with Crippen LogP contribution in [0.2, 0.25) is 0 Å². The molecule has 0 aliphatic rings. The van der Waals surface area contributed by atoms with E-state index in [0.29, 0.717) is 6.42 Å². The zero-order chi connectivity index (χ0) is 10.3. The summed E-state index contributed by atoms with van der Waals surface area (Å²) < 4.78 is 4.49. The first kappa shape index (κ1) is 12.3. The van der Waals surface area contributed by atoms with Gasteiger partial charge in [0.25, 0.3) is 0 Å². The fourth-order valence-corrected chi connectivity index (χ4v) is 0.843. The molecule has 0 saturated carbocycles. The molecule has 0 saturated heterocycles. The Hall–Kier alpha value is -0.650. The minimum Gasteiger partial charge on any atom is -0.464 e.